The summed E-state index contributed by atoms with van der Waals surface area (Å²) in [7, 11) is 0. The number of pyridine rings is 1. The van der Waals surface area contributed by atoms with E-state index < -0.39 is 0 Å². The molecule has 0 radical (unpaired) electrons. The maximum absolute atomic E-state index is 4.82. The zero-order valence-electron chi connectivity index (χ0n) is 14.4. The van der Waals surface area contributed by atoms with Gasteiger partial charge in [0.2, 0.25) is 0 Å². The van der Waals surface area contributed by atoms with Gasteiger partial charge in [-0.05, 0) is 44.0 Å². The van der Waals surface area contributed by atoms with E-state index in [4.69, 9.17) is 4.98 Å². The van der Waals surface area contributed by atoms with Crippen LogP contribution in [0, 0.1) is 0 Å². The molecule has 132 valence electrons. The van der Waals surface area contributed by atoms with Crippen LogP contribution in [-0.2, 0) is 6.42 Å². The number of aromatic nitrogens is 6. The van der Waals surface area contributed by atoms with Crippen LogP contribution in [-0.4, -0.2) is 43.5 Å². The van der Waals surface area contributed by atoms with Crippen molar-refractivity contribution in [1.29, 1.82) is 0 Å². The molecule has 7 nitrogen and oxygen atoms in total. The van der Waals surface area contributed by atoms with Gasteiger partial charge in [-0.3, -0.25) is 15.2 Å². The average Bonchev–Trinajstić information content (AvgIpc) is 3.36. The van der Waals surface area contributed by atoms with Crippen molar-refractivity contribution in [2.45, 2.75) is 31.1 Å². The summed E-state index contributed by atoms with van der Waals surface area (Å²) in [6.07, 6.45) is 11.1. The van der Waals surface area contributed by atoms with E-state index >= 15 is 0 Å². The lowest BCUT2D eigenvalue weighted by Crippen LogP contribution is -2.29. The first kappa shape index (κ1) is 15.5. The lowest BCUT2D eigenvalue weighted by atomic mass is 9.90. The highest BCUT2D eigenvalue weighted by Crippen LogP contribution is 2.34. The van der Waals surface area contributed by atoms with E-state index in [1.165, 1.54) is 18.4 Å². The van der Waals surface area contributed by atoms with Gasteiger partial charge in [0.05, 0.1) is 11.4 Å². The van der Waals surface area contributed by atoms with E-state index in [1.807, 2.05) is 12.1 Å². The molecular weight excluding hydrogens is 326 g/mol. The van der Waals surface area contributed by atoms with Gasteiger partial charge < -0.3 is 5.32 Å². The summed E-state index contributed by atoms with van der Waals surface area (Å²) >= 11 is 0. The zero-order chi connectivity index (χ0) is 17.3. The Morgan fingerprint density at radius 3 is 2.85 bits per heavy atom. The molecule has 0 bridgehead atoms. The number of rotatable bonds is 3. The molecule has 3 aromatic rings. The second kappa shape index (κ2) is 6.49. The number of piperidine rings is 1. The number of allylic oxidation sites excluding steroid dienone is 1. The number of hydrogen-bond donors (Lipinski definition) is 3. The Bertz CT molecular complexity index is 919. The summed E-state index contributed by atoms with van der Waals surface area (Å²) in [5.41, 5.74) is 4.36. The highest BCUT2D eigenvalue weighted by atomic mass is 15.2. The Balaban J connectivity index is 1.41. The van der Waals surface area contributed by atoms with Crippen molar-refractivity contribution in [3.05, 3.63) is 53.5 Å². The SMILES string of the molecule is C1=CC(c2n[nH]c([C@@H]3CCCNC3)n2)Cc2c(-c3ccncc3)n[nH]c21. The van der Waals surface area contributed by atoms with E-state index in [2.05, 4.69) is 42.8 Å². The fourth-order valence-electron chi connectivity index (χ4n) is 3.87. The summed E-state index contributed by atoms with van der Waals surface area (Å²) < 4.78 is 0. The van der Waals surface area contributed by atoms with E-state index in [0.717, 1.165) is 48.1 Å². The van der Waals surface area contributed by atoms with Crippen molar-refractivity contribution in [3.8, 4) is 11.3 Å². The average molecular weight is 347 g/mol. The van der Waals surface area contributed by atoms with Crippen LogP contribution in [0.3, 0.4) is 0 Å². The second-order valence-corrected chi connectivity index (χ2v) is 6.99. The van der Waals surface area contributed by atoms with Crippen LogP contribution in [0.25, 0.3) is 17.3 Å². The number of aromatic amines is 2. The number of H-pyrrole nitrogens is 2. The Kier molecular flexibility index (Phi) is 3.86. The molecule has 1 aliphatic carbocycles. The van der Waals surface area contributed by atoms with Crippen LogP contribution in [0.2, 0.25) is 0 Å². The minimum Gasteiger partial charge on any atom is -0.316 e. The van der Waals surface area contributed by atoms with Crippen LogP contribution >= 0.6 is 0 Å². The van der Waals surface area contributed by atoms with E-state index in [9.17, 15) is 0 Å². The molecule has 1 fully saturated rings. The zero-order valence-corrected chi connectivity index (χ0v) is 14.4. The van der Waals surface area contributed by atoms with Gasteiger partial charge in [0, 0.05) is 41.9 Å². The van der Waals surface area contributed by atoms with Gasteiger partial charge in [-0.2, -0.15) is 10.2 Å². The lowest BCUT2D eigenvalue weighted by molar-refractivity contribution is 0.447. The molecule has 26 heavy (non-hydrogen) atoms. The fourth-order valence-corrected chi connectivity index (χ4v) is 3.87. The van der Waals surface area contributed by atoms with Gasteiger partial charge in [-0.1, -0.05) is 6.08 Å². The van der Waals surface area contributed by atoms with E-state index in [0.29, 0.717) is 5.92 Å². The number of nitrogens with zero attached hydrogens (tertiary/aromatic N) is 4. The first-order valence-electron chi connectivity index (χ1n) is 9.17. The van der Waals surface area contributed by atoms with E-state index in [1.54, 1.807) is 12.4 Å². The third-order valence-electron chi connectivity index (χ3n) is 5.31. The van der Waals surface area contributed by atoms with Crippen molar-refractivity contribution in [3.63, 3.8) is 0 Å². The smallest absolute Gasteiger partial charge is 0.157 e. The summed E-state index contributed by atoms with van der Waals surface area (Å²) in [5.74, 6) is 2.49. The largest absolute Gasteiger partial charge is 0.316 e. The molecule has 1 saturated heterocycles. The summed E-state index contributed by atoms with van der Waals surface area (Å²) in [6, 6.07) is 3.98. The number of hydrogen-bond acceptors (Lipinski definition) is 5. The minimum absolute atomic E-state index is 0.169. The van der Waals surface area contributed by atoms with Crippen molar-refractivity contribution < 1.29 is 0 Å². The van der Waals surface area contributed by atoms with Gasteiger partial charge in [0.15, 0.2) is 5.82 Å². The van der Waals surface area contributed by atoms with Gasteiger partial charge in [0.1, 0.15) is 5.82 Å². The maximum Gasteiger partial charge on any atom is 0.157 e. The van der Waals surface area contributed by atoms with Gasteiger partial charge in [-0.25, -0.2) is 4.98 Å². The molecule has 0 aromatic carbocycles. The third kappa shape index (κ3) is 2.74. The van der Waals surface area contributed by atoms with Crippen LogP contribution in [0.1, 0.15) is 47.6 Å². The molecule has 0 amide bonds. The predicted octanol–water partition coefficient (Wildman–Crippen LogP) is 2.41. The Morgan fingerprint density at radius 2 is 2.00 bits per heavy atom. The molecule has 7 heteroatoms. The first-order valence-corrected chi connectivity index (χ1v) is 9.17. The van der Waals surface area contributed by atoms with Crippen molar-refractivity contribution in [2.24, 2.45) is 0 Å². The fraction of sp³-hybridized carbons (Fsp3) is 0.368. The maximum atomic E-state index is 4.82. The molecular formula is C19H21N7. The van der Waals surface area contributed by atoms with Crippen molar-refractivity contribution in [1.82, 2.24) is 35.7 Å². The summed E-state index contributed by atoms with van der Waals surface area (Å²) in [4.78, 5) is 8.91. The Labute approximate surface area is 151 Å². The van der Waals surface area contributed by atoms with E-state index in [-0.39, 0.29) is 5.92 Å². The summed E-state index contributed by atoms with van der Waals surface area (Å²) in [5, 5.41) is 18.8. The van der Waals surface area contributed by atoms with Crippen LogP contribution in [0.15, 0.2) is 30.6 Å². The first-order chi connectivity index (χ1) is 12.9. The van der Waals surface area contributed by atoms with Crippen molar-refractivity contribution >= 4 is 6.08 Å². The molecule has 2 atom stereocenters. The molecule has 0 saturated carbocycles. The normalized spacial score (nSPS) is 22.3. The standard InChI is InChI=1S/C19H21N7/c1-2-14(11-21-7-1)19-22-18(25-26-19)13-3-4-16-15(10-13)17(24-23-16)12-5-8-20-9-6-12/h3-6,8-9,13-14,21H,1-2,7,10-11H2,(H,23,24)(H,22,25,26)/t13?,14-/m1/s1. The highest BCUT2D eigenvalue weighted by Gasteiger charge is 2.26. The summed E-state index contributed by atoms with van der Waals surface area (Å²) in [6.45, 7) is 2.08. The third-order valence-corrected chi connectivity index (χ3v) is 5.31. The van der Waals surface area contributed by atoms with Crippen LogP contribution < -0.4 is 5.32 Å². The predicted molar refractivity (Wildman–Crippen MR) is 98.5 cm³/mol. The number of nitrogens with one attached hydrogen (secondary N) is 3. The molecule has 1 aliphatic heterocycles. The van der Waals surface area contributed by atoms with Gasteiger partial charge >= 0.3 is 0 Å². The number of fused-ring (bicyclic) bond motifs is 1. The topological polar surface area (TPSA) is 95.2 Å². The lowest BCUT2D eigenvalue weighted by Gasteiger charge is -2.20. The molecule has 3 N–H and O–H groups in total. The quantitative estimate of drug-likeness (QED) is 0.676. The molecule has 0 spiro atoms. The van der Waals surface area contributed by atoms with Crippen LogP contribution in [0.4, 0.5) is 0 Å². The van der Waals surface area contributed by atoms with Gasteiger partial charge in [0.25, 0.3) is 0 Å². The minimum atomic E-state index is 0.169. The molecule has 1 unspecified atom stereocenters. The second-order valence-electron chi connectivity index (χ2n) is 6.99. The molecule has 2 aliphatic rings. The highest BCUT2D eigenvalue weighted by molar-refractivity contribution is 5.69. The Morgan fingerprint density at radius 1 is 1.08 bits per heavy atom. The Hall–Kier alpha value is -2.80. The molecule has 3 aromatic heterocycles. The van der Waals surface area contributed by atoms with Crippen molar-refractivity contribution in [2.75, 3.05) is 13.1 Å². The van der Waals surface area contributed by atoms with Gasteiger partial charge in [-0.15, -0.1) is 0 Å². The molecule has 5 rings (SSSR count). The molecule has 4 heterocycles. The van der Waals surface area contributed by atoms with Crippen LogP contribution in [0.5, 0.6) is 0 Å². The monoisotopic (exact) mass is 347 g/mol.